The first-order chi connectivity index (χ1) is 18.3. The van der Waals surface area contributed by atoms with Crippen molar-refractivity contribution in [1.29, 1.82) is 0 Å². The predicted molar refractivity (Wildman–Crippen MR) is 152 cm³/mol. The van der Waals surface area contributed by atoms with Crippen LogP contribution in [0.25, 0.3) is 22.2 Å². The van der Waals surface area contributed by atoms with Gasteiger partial charge >= 0.3 is 5.97 Å². The number of ether oxygens (including phenoxy) is 1. The van der Waals surface area contributed by atoms with Crippen LogP contribution in [0.5, 0.6) is 0 Å². The van der Waals surface area contributed by atoms with E-state index in [4.69, 9.17) is 9.72 Å². The standard InChI is InChI=1S/C30H31N3O4S/c1-6-19-13-15-20(16-14-19)24-17-22(21-11-9-10-12-23(21)31-24)27(34)32-28-25(30(36)37-5)18(4)26(38-28)29(35)33(7-2)8-3/h9-17H,6-8H2,1-5H3,(H,32,34). The normalized spacial score (nSPS) is 10.9. The van der Waals surface area contributed by atoms with E-state index in [1.165, 1.54) is 12.7 Å². The van der Waals surface area contributed by atoms with Crippen LogP contribution in [-0.2, 0) is 11.2 Å². The number of hydrogen-bond donors (Lipinski definition) is 1. The molecule has 4 aromatic rings. The van der Waals surface area contributed by atoms with Crippen LogP contribution in [0, 0.1) is 6.92 Å². The number of aromatic nitrogens is 1. The predicted octanol–water partition coefficient (Wildman–Crippen LogP) is 6.36. The summed E-state index contributed by atoms with van der Waals surface area (Å²) in [6.45, 7) is 8.67. The molecule has 2 aromatic heterocycles. The van der Waals surface area contributed by atoms with Gasteiger partial charge in [-0.05, 0) is 50.5 Å². The van der Waals surface area contributed by atoms with Crippen molar-refractivity contribution in [2.75, 3.05) is 25.5 Å². The molecule has 0 aliphatic rings. The van der Waals surface area contributed by atoms with Crippen molar-refractivity contribution in [3.8, 4) is 11.3 Å². The zero-order chi connectivity index (χ0) is 27.4. The molecule has 2 amide bonds. The van der Waals surface area contributed by atoms with Gasteiger partial charge in [0.25, 0.3) is 11.8 Å². The Morgan fingerprint density at radius 2 is 1.68 bits per heavy atom. The zero-order valence-corrected chi connectivity index (χ0v) is 23.1. The summed E-state index contributed by atoms with van der Waals surface area (Å²) in [5.41, 5.74) is 4.57. The topological polar surface area (TPSA) is 88.6 Å². The number of aryl methyl sites for hydroxylation is 1. The summed E-state index contributed by atoms with van der Waals surface area (Å²) < 4.78 is 5.00. The van der Waals surface area contributed by atoms with E-state index in [0.29, 0.717) is 45.7 Å². The van der Waals surface area contributed by atoms with Gasteiger partial charge in [-0.3, -0.25) is 9.59 Å². The zero-order valence-electron chi connectivity index (χ0n) is 22.3. The number of benzene rings is 2. The lowest BCUT2D eigenvalue weighted by Crippen LogP contribution is -2.30. The maximum absolute atomic E-state index is 13.7. The molecule has 8 heteroatoms. The van der Waals surface area contributed by atoms with Crippen molar-refractivity contribution in [2.45, 2.75) is 34.1 Å². The summed E-state index contributed by atoms with van der Waals surface area (Å²) in [5, 5.41) is 3.87. The Kier molecular flexibility index (Phi) is 8.22. The Hall–Kier alpha value is -4.04. The molecule has 1 N–H and O–H groups in total. The SMILES string of the molecule is CCc1ccc(-c2cc(C(=O)Nc3sc(C(=O)N(CC)CC)c(C)c3C(=O)OC)c3ccccc3n2)cc1. The van der Waals surface area contributed by atoms with Crippen LogP contribution in [0.1, 0.15) is 62.3 Å². The summed E-state index contributed by atoms with van der Waals surface area (Å²) in [6.07, 6.45) is 0.931. The molecule has 4 rings (SSSR count). The molecule has 0 saturated heterocycles. The van der Waals surface area contributed by atoms with Crippen molar-refractivity contribution in [3.63, 3.8) is 0 Å². The number of fused-ring (bicyclic) bond motifs is 1. The van der Waals surface area contributed by atoms with Crippen LogP contribution in [0.3, 0.4) is 0 Å². The number of nitrogens with one attached hydrogen (secondary N) is 1. The van der Waals surface area contributed by atoms with Gasteiger partial charge in [0.15, 0.2) is 0 Å². The number of thiophene rings is 1. The van der Waals surface area contributed by atoms with Crippen molar-refractivity contribution in [3.05, 3.63) is 81.7 Å². The smallest absolute Gasteiger partial charge is 0.341 e. The minimum atomic E-state index is -0.607. The number of carbonyl (C=O) groups is 3. The number of esters is 1. The second-order valence-electron chi connectivity index (χ2n) is 8.81. The number of carbonyl (C=O) groups excluding carboxylic acids is 3. The average molecular weight is 530 g/mol. The third kappa shape index (κ3) is 5.17. The first-order valence-electron chi connectivity index (χ1n) is 12.6. The maximum atomic E-state index is 13.7. The molecule has 0 spiro atoms. The second kappa shape index (κ2) is 11.6. The minimum absolute atomic E-state index is 0.185. The summed E-state index contributed by atoms with van der Waals surface area (Å²) >= 11 is 1.09. The first kappa shape index (κ1) is 27.0. The van der Waals surface area contributed by atoms with Crippen LogP contribution in [0.4, 0.5) is 5.00 Å². The number of anilines is 1. The van der Waals surface area contributed by atoms with Crippen LogP contribution in [0.15, 0.2) is 54.6 Å². The average Bonchev–Trinajstić information content (AvgIpc) is 3.27. The fraction of sp³-hybridized carbons (Fsp3) is 0.267. The highest BCUT2D eigenvalue weighted by Gasteiger charge is 2.28. The second-order valence-corrected chi connectivity index (χ2v) is 9.83. The molecule has 0 saturated carbocycles. The molecule has 0 aliphatic carbocycles. The van der Waals surface area contributed by atoms with Crippen LogP contribution in [-0.4, -0.2) is 47.9 Å². The van der Waals surface area contributed by atoms with Gasteiger partial charge in [0.05, 0.1) is 34.3 Å². The van der Waals surface area contributed by atoms with E-state index < -0.39 is 11.9 Å². The lowest BCUT2D eigenvalue weighted by molar-refractivity contribution is 0.0601. The molecule has 2 heterocycles. The van der Waals surface area contributed by atoms with Crippen molar-refractivity contribution in [1.82, 2.24) is 9.88 Å². The van der Waals surface area contributed by atoms with Crippen LogP contribution >= 0.6 is 11.3 Å². The molecular weight excluding hydrogens is 498 g/mol. The maximum Gasteiger partial charge on any atom is 0.341 e. The van der Waals surface area contributed by atoms with Crippen LogP contribution in [0.2, 0.25) is 0 Å². The molecule has 0 aliphatic heterocycles. The van der Waals surface area contributed by atoms with Gasteiger partial charge < -0.3 is 15.0 Å². The number of amides is 2. The molecule has 0 fully saturated rings. The van der Waals surface area contributed by atoms with Gasteiger partial charge in [0, 0.05) is 24.0 Å². The molecule has 0 unspecified atom stereocenters. The van der Waals surface area contributed by atoms with Crippen molar-refractivity contribution in [2.24, 2.45) is 0 Å². The van der Waals surface area contributed by atoms with E-state index in [2.05, 4.69) is 24.4 Å². The van der Waals surface area contributed by atoms with E-state index in [-0.39, 0.29) is 16.5 Å². The Bertz CT molecular complexity index is 1500. The molecule has 7 nitrogen and oxygen atoms in total. The third-order valence-electron chi connectivity index (χ3n) is 6.63. The van der Waals surface area contributed by atoms with Gasteiger partial charge in [-0.2, -0.15) is 0 Å². The van der Waals surface area contributed by atoms with Gasteiger partial charge in [0.1, 0.15) is 5.00 Å². The quantitative estimate of drug-likeness (QED) is 0.269. The van der Waals surface area contributed by atoms with E-state index in [0.717, 1.165) is 23.3 Å². The largest absolute Gasteiger partial charge is 0.465 e. The fourth-order valence-corrected chi connectivity index (χ4v) is 5.56. The lowest BCUT2D eigenvalue weighted by atomic mass is 10.0. The molecular formula is C30H31N3O4S. The van der Waals surface area contributed by atoms with E-state index in [1.54, 1.807) is 17.9 Å². The monoisotopic (exact) mass is 529 g/mol. The summed E-state index contributed by atoms with van der Waals surface area (Å²) in [4.78, 5) is 46.5. The van der Waals surface area contributed by atoms with Crippen LogP contribution < -0.4 is 5.32 Å². The van der Waals surface area contributed by atoms with E-state index in [9.17, 15) is 14.4 Å². The highest BCUT2D eigenvalue weighted by molar-refractivity contribution is 7.18. The summed E-state index contributed by atoms with van der Waals surface area (Å²) in [5.74, 6) is -1.19. The molecule has 0 radical (unpaired) electrons. The van der Waals surface area contributed by atoms with E-state index >= 15 is 0 Å². The number of hydrogen-bond acceptors (Lipinski definition) is 6. The highest BCUT2D eigenvalue weighted by atomic mass is 32.1. The number of para-hydroxylation sites is 1. The highest BCUT2D eigenvalue weighted by Crippen LogP contribution is 2.35. The molecule has 2 aromatic carbocycles. The first-order valence-corrected chi connectivity index (χ1v) is 13.5. The Balaban J connectivity index is 1.79. The summed E-state index contributed by atoms with van der Waals surface area (Å²) in [7, 11) is 1.28. The molecule has 38 heavy (non-hydrogen) atoms. The van der Waals surface area contributed by atoms with E-state index in [1.807, 2.05) is 50.2 Å². The number of methoxy groups -OCH3 is 1. The third-order valence-corrected chi connectivity index (χ3v) is 7.82. The molecule has 0 atom stereocenters. The van der Waals surface area contributed by atoms with Gasteiger partial charge in [-0.15, -0.1) is 11.3 Å². The Labute approximate surface area is 226 Å². The molecule has 196 valence electrons. The number of nitrogens with zero attached hydrogens (tertiary/aromatic N) is 2. The summed E-state index contributed by atoms with van der Waals surface area (Å²) in [6, 6.07) is 17.3. The Morgan fingerprint density at radius 1 is 1.00 bits per heavy atom. The van der Waals surface area contributed by atoms with Gasteiger partial charge in [0.2, 0.25) is 0 Å². The number of rotatable bonds is 8. The Morgan fingerprint density at radius 3 is 2.32 bits per heavy atom. The van der Waals surface area contributed by atoms with Crippen molar-refractivity contribution >= 4 is 45.0 Å². The molecule has 0 bridgehead atoms. The lowest BCUT2D eigenvalue weighted by Gasteiger charge is -2.17. The number of pyridine rings is 1. The fourth-order valence-electron chi connectivity index (χ4n) is 4.40. The minimum Gasteiger partial charge on any atom is -0.465 e. The van der Waals surface area contributed by atoms with Gasteiger partial charge in [-0.25, -0.2) is 9.78 Å². The van der Waals surface area contributed by atoms with Crippen molar-refractivity contribution < 1.29 is 19.1 Å². The van der Waals surface area contributed by atoms with Gasteiger partial charge in [-0.1, -0.05) is 49.4 Å².